The molecule has 20 heavy (non-hydrogen) atoms. The van der Waals surface area contributed by atoms with Crippen LogP contribution in [0.5, 0.6) is 0 Å². The molecule has 3 nitrogen and oxygen atoms in total. The van der Waals surface area contributed by atoms with E-state index in [2.05, 4.69) is 22.9 Å². The highest BCUT2D eigenvalue weighted by atomic mass is 79.9. The van der Waals surface area contributed by atoms with E-state index in [9.17, 15) is 4.79 Å². The number of ether oxygens (including phenoxy) is 1. The summed E-state index contributed by atoms with van der Waals surface area (Å²) >= 11 is 3.55. The van der Waals surface area contributed by atoms with Crippen molar-refractivity contribution in [2.45, 2.75) is 40.5 Å². The molecule has 1 aromatic rings. The summed E-state index contributed by atoms with van der Waals surface area (Å²) in [4.78, 5) is 13.6. The molecule has 0 aliphatic carbocycles. The van der Waals surface area contributed by atoms with Gasteiger partial charge in [-0.25, -0.2) is 0 Å². The van der Waals surface area contributed by atoms with E-state index < -0.39 is 0 Å². The highest BCUT2D eigenvalue weighted by molar-refractivity contribution is 9.10. The fraction of sp³-hybridized carbons (Fsp3) is 0.562. The molecule has 112 valence electrons. The van der Waals surface area contributed by atoms with Crippen molar-refractivity contribution in [3.05, 3.63) is 27.7 Å². The van der Waals surface area contributed by atoms with E-state index in [1.165, 1.54) is 0 Å². The van der Waals surface area contributed by atoms with Crippen molar-refractivity contribution in [1.82, 2.24) is 0 Å². The second kappa shape index (κ2) is 8.42. The Hall–Kier alpha value is -0.870. The Morgan fingerprint density at radius 3 is 2.35 bits per heavy atom. The number of rotatable bonds is 7. The van der Waals surface area contributed by atoms with Gasteiger partial charge in [-0.15, -0.1) is 0 Å². The summed E-state index contributed by atoms with van der Waals surface area (Å²) in [5.74, 6) is 0.0465. The zero-order chi connectivity index (χ0) is 15.1. The molecule has 0 aliphatic heterocycles. The molecule has 0 aromatic heterocycles. The first-order chi connectivity index (χ1) is 9.47. The van der Waals surface area contributed by atoms with Crippen LogP contribution in [0.1, 0.15) is 37.8 Å². The molecule has 0 heterocycles. The quantitative estimate of drug-likeness (QED) is 0.694. The van der Waals surface area contributed by atoms with Crippen LogP contribution < -0.4 is 4.90 Å². The predicted octanol–water partition coefficient (Wildman–Crippen LogP) is 4.24. The average molecular weight is 342 g/mol. The maximum absolute atomic E-state index is 11.8. The van der Waals surface area contributed by atoms with E-state index in [4.69, 9.17) is 4.74 Å². The molecule has 0 atom stereocenters. The Morgan fingerprint density at radius 1 is 1.25 bits per heavy atom. The van der Waals surface area contributed by atoms with Crippen molar-refractivity contribution in [3.8, 4) is 0 Å². The lowest BCUT2D eigenvalue weighted by molar-refractivity contribution is -0.116. The van der Waals surface area contributed by atoms with Gasteiger partial charge in [0.05, 0.1) is 6.61 Å². The monoisotopic (exact) mass is 341 g/mol. The topological polar surface area (TPSA) is 29.5 Å². The smallest absolute Gasteiger partial charge is 0.223 e. The molecule has 1 rings (SSSR count). The lowest BCUT2D eigenvalue weighted by Crippen LogP contribution is -2.32. The number of unbranched alkanes of at least 4 members (excludes halogenated alkanes) is 1. The molecule has 0 saturated heterocycles. The summed E-state index contributed by atoms with van der Waals surface area (Å²) in [6, 6.07) is 4.06. The van der Waals surface area contributed by atoms with E-state index in [1.807, 2.05) is 26.0 Å². The average Bonchev–Trinajstić information content (AvgIpc) is 2.39. The van der Waals surface area contributed by atoms with Gasteiger partial charge in [-0.3, -0.25) is 4.79 Å². The van der Waals surface area contributed by atoms with Gasteiger partial charge in [-0.2, -0.15) is 0 Å². The second-order valence-electron chi connectivity index (χ2n) is 5.03. The normalized spacial score (nSPS) is 10.7. The van der Waals surface area contributed by atoms with Crippen molar-refractivity contribution >= 4 is 27.5 Å². The minimum absolute atomic E-state index is 0.0465. The van der Waals surface area contributed by atoms with Crippen LogP contribution in [0.15, 0.2) is 16.6 Å². The molecule has 1 aromatic carbocycles. The molecular weight excluding hydrogens is 318 g/mol. The minimum atomic E-state index is 0.0465. The third kappa shape index (κ3) is 4.91. The van der Waals surface area contributed by atoms with Gasteiger partial charge in [0.2, 0.25) is 5.91 Å². The number of carbonyl (C=O) groups is 1. The molecule has 4 heteroatoms. The molecular formula is C16H24BrNO2. The van der Waals surface area contributed by atoms with E-state index in [0.29, 0.717) is 13.2 Å². The van der Waals surface area contributed by atoms with E-state index in [1.54, 1.807) is 11.8 Å². The second-order valence-corrected chi connectivity index (χ2v) is 5.82. The van der Waals surface area contributed by atoms with Gasteiger partial charge in [0.15, 0.2) is 0 Å². The van der Waals surface area contributed by atoms with Gasteiger partial charge in [0.1, 0.15) is 0 Å². The number of carbonyl (C=O) groups excluding carboxylic acids is 1. The van der Waals surface area contributed by atoms with Crippen LogP contribution in [0.3, 0.4) is 0 Å². The van der Waals surface area contributed by atoms with Crippen LogP contribution >= 0.6 is 15.9 Å². The third-order valence-electron chi connectivity index (χ3n) is 3.21. The van der Waals surface area contributed by atoms with Crippen molar-refractivity contribution < 1.29 is 9.53 Å². The molecule has 0 bridgehead atoms. The summed E-state index contributed by atoms with van der Waals surface area (Å²) in [5, 5.41) is 0. The van der Waals surface area contributed by atoms with Crippen LogP contribution in [0.4, 0.5) is 5.69 Å². The van der Waals surface area contributed by atoms with E-state index >= 15 is 0 Å². The van der Waals surface area contributed by atoms with Crippen molar-refractivity contribution in [2.75, 3.05) is 24.7 Å². The Labute approximate surface area is 130 Å². The molecule has 0 spiro atoms. The summed E-state index contributed by atoms with van der Waals surface area (Å²) in [6.07, 6.45) is 2.19. The predicted molar refractivity (Wildman–Crippen MR) is 87.4 cm³/mol. The Morgan fingerprint density at radius 2 is 1.85 bits per heavy atom. The Balaban J connectivity index is 2.74. The van der Waals surface area contributed by atoms with Gasteiger partial charge in [0.25, 0.3) is 0 Å². The number of halogens is 1. The van der Waals surface area contributed by atoms with Gasteiger partial charge >= 0.3 is 0 Å². The molecule has 0 unspecified atom stereocenters. The number of anilines is 1. The fourth-order valence-corrected chi connectivity index (χ4v) is 2.28. The molecule has 0 aliphatic rings. The Kier molecular flexibility index (Phi) is 7.24. The maximum atomic E-state index is 11.8. The largest absolute Gasteiger partial charge is 0.380 e. The highest BCUT2D eigenvalue weighted by Crippen LogP contribution is 2.27. The molecule has 0 N–H and O–H groups in total. The molecule has 0 radical (unpaired) electrons. The number of nitrogens with zero attached hydrogens (tertiary/aromatic N) is 1. The number of hydrogen-bond acceptors (Lipinski definition) is 2. The maximum Gasteiger partial charge on any atom is 0.223 e. The van der Waals surface area contributed by atoms with Crippen LogP contribution in [0.25, 0.3) is 0 Å². The number of hydrogen-bond donors (Lipinski definition) is 0. The van der Waals surface area contributed by atoms with Gasteiger partial charge in [0, 0.05) is 30.2 Å². The lowest BCUT2D eigenvalue weighted by atomic mass is 10.1. The van der Waals surface area contributed by atoms with Gasteiger partial charge < -0.3 is 9.64 Å². The zero-order valence-corrected chi connectivity index (χ0v) is 14.4. The Bertz CT molecular complexity index is 437. The number of aryl methyl sites for hydroxylation is 2. The van der Waals surface area contributed by atoms with Gasteiger partial charge in [-0.1, -0.05) is 29.3 Å². The van der Waals surface area contributed by atoms with Crippen LogP contribution in [0.2, 0.25) is 0 Å². The standard InChI is InChI=1S/C16H24BrNO2/c1-5-6-8-20-9-7-18(14(4)19)15-10-12(2)16(17)13(3)11-15/h10-11H,5-9H2,1-4H3. The highest BCUT2D eigenvalue weighted by Gasteiger charge is 2.13. The summed E-state index contributed by atoms with van der Waals surface area (Å²) < 4.78 is 6.66. The summed E-state index contributed by atoms with van der Waals surface area (Å²) in [5.41, 5.74) is 3.21. The molecule has 0 fully saturated rings. The minimum Gasteiger partial charge on any atom is -0.380 e. The van der Waals surface area contributed by atoms with Crippen LogP contribution in [-0.4, -0.2) is 25.7 Å². The van der Waals surface area contributed by atoms with Crippen molar-refractivity contribution in [3.63, 3.8) is 0 Å². The first-order valence-electron chi connectivity index (χ1n) is 7.10. The van der Waals surface area contributed by atoms with Crippen LogP contribution in [-0.2, 0) is 9.53 Å². The number of amides is 1. The lowest BCUT2D eigenvalue weighted by Gasteiger charge is -2.22. The van der Waals surface area contributed by atoms with E-state index in [-0.39, 0.29) is 5.91 Å². The van der Waals surface area contributed by atoms with Gasteiger partial charge in [-0.05, 0) is 43.5 Å². The molecule has 1 amide bonds. The van der Waals surface area contributed by atoms with E-state index in [0.717, 1.165) is 40.7 Å². The first-order valence-corrected chi connectivity index (χ1v) is 7.89. The number of benzene rings is 1. The van der Waals surface area contributed by atoms with Crippen molar-refractivity contribution in [2.24, 2.45) is 0 Å². The van der Waals surface area contributed by atoms with Crippen molar-refractivity contribution in [1.29, 1.82) is 0 Å². The summed E-state index contributed by atoms with van der Waals surface area (Å²) in [6.45, 7) is 9.75. The zero-order valence-electron chi connectivity index (χ0n) is 12.8. The van der Waals surface area contributed by atoms with Crippen LogP contribution in [0, 0.1) is 13.8 Å². The first kappa shape index (κ1) is 17.2. The summed E-state index contributed by atoms with van der Waals surface area (Å²) in [7, 11) is 0. The third-order valence-corrected chi connectivity index (χ3v) is 4.47. The fourth-order valence-electron chi connectivity index (χ4n) is 2.05. The molecule has 0 saturated carbocycles. The SMILES string of the molecule is CCCCOCCN(C(C)=O)c1cc(C)c(Br)c(C)c1.